The molecule has 1 unspecified atom stereocenters. The van der Waals surface area contributed by atoms with Crippen molar-refractivity contribution in [3.8, 4) is 0 Å². The van der Waals surface area contributed by atoms with Crippen LogP contribution in [0.4, 0.5) is 0 Å². The van der Waals surface area contributed by atoms with Crippen molar-refractivity contribution in [1.82, 2.24) is 9.88 Å². The molecule has 1 aliphatic heterocycles. The first-order chi connectivity index (χ1) is 7.96. The molecule has 0 spiro atoms. The van der Waals surface area contributed by atoms with Crippen molar-refractivity contribution in [3.05, 3.63) is 29.0 Å². The molecule has 0 bridgehead atoms. The van der Waals surface area contributed by atoms with Gasteiger partial charge >= 0.3 is 0 Å². The van der Waals surface area contributed by atoms with E-state index < -0.39 is 0 Å². The van der Waals surface area contributed by atoms with Crippen molar-refractivity contribution in [2.75, 3.05) is 13.1 Å². The second-order valence-electron chi connectivity index (χ2n) is 5.31. The van der Waals surface area contributed by atoms with Gasteiger partial charge in [-0.05, 0) is 26.8 Å². The predicted octanol–water partition coefficient (Wildman–Crippen LogP) is 2.73. The van der Waals surface area contributed by atoms with Crippen molar-refractivity contribution in [2.45, 2.75) is 39.0 Å². The standard InChI is InChI=1S/C13H19ClN2O/c1-10-7-16(9-13(2,3)17-10)8-11-5-4-6-15-12(11)14/h4-6,10H,7-9H2,1-3H3. The maximum absolute atomic E-state index is 6.08. The number of hydrogen-bond acceptors (Lipinski definition) is 3. The Kier molecular flexibility index (Phi) is 3.71. The third-order valence-electron chi connectivity index (χ3n) is 2.87. The minimum atomic E-state index is -0.0909. The Balaban J connectivity index is 2.06. The van der Waals surface area contributed by atoms with Crippen LogP contribution in [0.15, 0.2) is 18.3 Å². The van der Waals surface area contributed by atoms with E-state index in [4.69, 9.17) is 16.3 Å². The highest BCUT2D eigenvalue weighted by Crippen LogP contribution is 2.23. The molecule has 2 heterocycles. The minimum absolute atomic E-state index is 0.0909. The minimum Gasteiger partial charge on any atom is -0.370 e. The van der Waals surface area contributed by atoms with Gasteiger partial charge in [0.15, 0.2) is 0 Å². The van der Waals surface area contributed by atoms with Gasteiger partial charge in [-0.15, -0.1) is 0 Å². The molecule has 0 N–H and O–H groups in total. The first-order valence-corrected chi connectivity index (χ1v) is 6.34. The average molecular weight is 255 g/mol. The predicted molar refractivity (Wildman–Crippen MR) is 69.2 cm³/mol. The van der Waals surface area contributed by atoms with E-state index in [9.17, 15) is 0 Å². The lowest BCUT2D eigenvalue weighted by atomic mass is 10.0. The van der Waals surface area contributed by atoms with Crippen LogP contribution in [0.3, 0.4) is 0 Å². The molecule has 1 aliphatic rings. The van der Waals surface area contributed by atoms with Crippen molar-refractivity contribution in [3.63, 3.8) is 0 Å². The van der Waals surface area contributed by atoms with Crippen LogP contribution in [-0.2, 0) is 11.3 Å². The van der Waals surface area contributed by atoms with E-state index in [1.807, 2.05) is 12.1 Å². The van der Waals surface area contributed by atoms with Gasteiger partial charge in [0.1, 0.15) is 5.15 Å². The fourth-order valence-electron chi connectivity index (χ4n) is 2.48. The molecule has 0 amide bonds. The quantitative estimate of drug-likeness (QED) is 0.759. The summed E-state index contributed by atoms with van der Waals surface area (Å²) in [4.78, 5) is 6.48. The van der Waals surface area contributed by atoms with Gasteiger partial charge in [0, 0.05) is 31.4 Å². The van der Waals surface area contributed by atoms with E-state index in [-0.39, 0.29) is 11.7 Å². The van der Waals surface area contributed by atoms with Crippen LogP contribution in [0.5, 0.6) is 0 Å². The van der Waals surface area contributed by atoms with Gasteiger partial charge in [0.05, 0.1) is 11.7 Å². The Morgan fingerprint density at radius 2 is 2.35 bits per heavy atom. The fraction of sp³-hybridized carbons (Fsp3) is 0.615. The van der Waals surface area contributed by atoms with Gasteiger partial charge in [0.25, 0.3) is 0 Å². The molecule has 4 heteroatoms. The second kappa shape index (κ2) is 4.92. The third kappa shape index (κ3) is 3.41. The molecule has 0 aromatic carbocycles. The van der Waals surface area contributed by atoms with E-state index in [2.05, 4.69) is 30.7 Å². The summed E-state index contributed by atoms with van der Waals surface area (Å²) in [6.07, 6.45) is 1.98. The number of morpholine rings is 1. The van der Waals surface area contributed by atoms with Gasteiger partial charge in [-0.3, -0.25) is 4.90 Å². The molecule has 1 aromatic heterocycles. The molecule has 94 valence electrons. The second-order valence-corrected chi connectivity index (χ2v) is 5.67. The monoisotopic (exact) mass is 254 g/mol. The van der Waals surface area contributed by atoms with Crippen LogP contribution in [0.2, 0.25) is 5.15 Å². The van der Waals surface area contributed by atoms with Crippen LogP contribution in [0.1, 0.15) is 26.3 Å². The zero-order chi connectivity index (χ0) is 12.5. The summed E-state index contributed by atoms with van der Waals surface area (Å²) in [5, 5.41) is 0.601. The molecule has 0 aliphatic carbocycles. The van der Waals surface area contributed by atoms with Crippen LogP contribution >= 0.6 is 11.6 Å². The highest BCUT2D eigenvalue weighted by atomic mass is 35.5. The third-order valence-corrected chi connectivity index (χ3v) is 3.21. The number of ether oxygens (including phenoxy) is 1. The highest BCUT2D eigenvalue weighted by Gasteiger charge is 2.31. The van der Waals surface area contributed by atoms with Gasteiger partial charge in [0.2, 0.25) is 0 Å². The SMILES string of the molecule is CC1CN(Cc2cccnc2Cl)CC(C)(C)O1. The van der Waals surface area contributed by atoms with E-state index in [1.165, 1.54) is 0 Å². The largest absolute Gasteiger partial charge is 0.370 e. The molecule has 17 heavy (non-hydrogen) atoms. The molecule has 1 saturated heterocycles. The highest BCUT2D eigenvalue weighted by molar-refractivity contribution is 6.30. The van der Waals surface area contributed by atoms with E-state index in [0.717, 1.165) is 25.2 Å². The molecule has 3 nitrogen and oxygen atoms in total. The van der Waals surface area contributed by atoms with Crippen LogP contribution < -0.4 is 0 Å². The molecular weight excluding hydrogens is 236 g/mol. The first-order valence-electron chi connectivity index (χ1n) is 5.96. The fourth-order valence-corrected chi connectivity index (χ4v) is 2.66. The number of nitrogens with zero attached hydrogens (tertiary/aromatic N) is 2. The normalized spacial score (nSPS) is 24.8. The molecule has 0 saturated carbocycles. The Hall–Kier alpha value is -0.640. The van der Waals surface area contributed by atoms with Crippen LogP contribution in [-0.4, -0.2) is 34.7 Å². The van der Waals surface area contributed by atoms with E-state index >= 15 is 0 Å². The maximum Gasteiger partial charge on any atom is 0.133 e. The summed E-state index contributed by atoms with van der Waals surface area (Å²) in [7, 11) is 0. The molecule has 1 aromatic rings. The average Bonchev–Trinajstić information content (AvgIpc) is 2.18. The van der Waals surface area contributed by atoms with Crippen LogP contribution in [0.25, 0.3) is 0 Å². The van der Waals surface area contributed by atoms with Crippen molar-refractivity contribution < 1.29 is 4.74 Å². The summed E-state index contributed by atoms with van der Waals surface area (Å²) in [6.45, 7) is 9.06. The zero-order valence-corrected chi connectivity index (χ0v) is 11.4. The summed E-state index contributed by atoms with van der Waals surface area (Å²) >= 11 is 6.08. The van der Waals surface area contributed by atoms with Gasteiger partial charge in [-0.1, -0.05) is 17.7 Å². The number of hydrogen-bond donors (Lipinski definition) is 0. The summed E-state index contributed by atoms with van der Waals surface area (Å²) in [5.74, 6) is 0. The van der Waals surface area contributed by atoms with Gasteiger partial charge in [-0.2, -0.15) is 0 Å². The number of halogens is 1. The van der Waals surface area contributed by atoms with E-state index in [1.54, 1.807) is 6.20 Å². The number of rotatable bonds is 2. The smallest absolute Gasteiger partial charge is 0.133 e. The molecule has 1 fully saturated rings. The number of aromatic nitrogens is 1. The summed E-state index contributed by atoms with van der Waals surface area (Å²) in [6, 6.07) is 3.96. The summed E-state index contributed by atoms with van der Waals surface area (Å²) in [5.41, 5.74) is 0.992. The van der Waals surface area contributed by atoms with Gasteiger partial charge in [-0.25, -0.2) is 4.98 Å². The van der Waals surface area contributed by atoms with Crippen molar-refractivity contribution in [1.29, 1.82) is 0 Å². The number of pyridine rings is 1. The molecule has 1 atom stereocenters. The van der Waals surface area contributed by atoms with E-state index in [0.29, 0.717) is 5.15 Å². The zero-order valence-electron chi connectivity index (χ0n) is 10.6. The summed E-state index contributed by atoms with van der Waals surface area (Å²) < 4.78 is 5.88. The van der Waals surface area contributed by atoms with Crippen molar-refractivity contribution >= 4 is 11.6 Å². The Labute approximate surface area is 108 Å². The lowest BCUT2D eigenvalue weighted by Gasteiger charge is -2.41. The Bertz CT molecular complexity index is 395. The van der Waals surface area contributed by atoms with Crippen LogP contribution in [0, 0.1) is 0 Å². The Morgan fingerprint density at radius 3 is 3.00 bits per heavy atom. The van der Waals surface area contributed by atoms with Gasteiger partial charge < -0.3 is 4.74 Å². The molecular formula is C13H19ClN2O. The van der Waals surface area contributed by atoms with Crippen molar-refractivity contribution in [2.24, 2.45) is 0 Å². The molecule has 2 rings (SSSR count). The maximum atomic E-state index is 6.08. The lowest BCUT2D eigenvalue weighted by molar-refractivity contribution is -0.130. The first kappa shape index (κ1) is 12.8. The molecule has 0 radical (unpaired) electrons. The lowest BCUT2D eigenvalue weighted by Crippen LogP contribution is -2.51. The topological polar surface area (TPSA) is 25.4 Å². The Morgan fingerprint density at radius 1 is 1.59 bits per heavy atom.